The van der Waals surface area contributed by atoms with E-state index in [0.717, 1.165) is 16.7 Å². The third-order valence-electron chi connectivity index (χ3n) is 3.64. The predicted molar refractivity (Wildman–Crippen MR) is 91.7 cm³/mol. The molecule has 3 aromatic rings. The van der Waals surface area contributed by atoms with E-state index in [0.29, 0.717) is 11.4 Å². The molecule has 0 saturated carbocycles. The van der Waals surface area contributed by atoms with Crippen molar-refractivity contribution in [3.63, 3.8) is 0 Å². The smallest absolute Gasteiger partial charge is 0.243 e. The molecule has 0 aliphatic heterocycles. The van der Waals surface area contributed by atoms with Crippen LogP contribution in [0, 0.1) is 5.82 Å². The van der Waals surface area contributed by atoms with E-state index in [1.165, 1.54) is 18.2 Å². The number of rotatable bonds is 5. The molecule has 0 atom stereocenters. The molecule has 1 amide bonds. The highest BCUT2D eigenvalue weighted by atomic mass is 19.1. The molecule has 0 aliphatic rings. The van der Waals surface area contributed by atoms with Gasteiger partial charge in [-0.05, 0) is 42.0 Å². The first-order valence-corrected chi connectivity index (χ1v) is 7.58. The van der Waals surface area contributed by atoms with Crippen molar-refractivity contribution in [3.05, 3.63) is 66.8 Å². The highest BCUT2D eigenvalue weighted by molar-refractivity contribution is 5.87. The lowest BCUT2D eigenvalue weighted by molar-refractivity contribution is -0.116. The van der Waals surface area contributed by atoms with Gasteiger partial charge in [-0.25, -0.2) is 4.39 Å². The first-order chi connectivity index (χ1) is 12.1. The van der Waals surface area contributed by atoms with E-state index in [2.05, 4.69) is 27.2 Å². The molecule has 0 saturated heterocycles. The van der Waals surface area contributed by atoms with Crippen molar-refractivity contribution < 1.29 is 9.18 Å². The molecule has 25 heavy (non-hydrogen) atoms. The number of nitrogens with one attached hydrogen (secondary N) is 1. The zero-order chi connectivity index (χ0) is 17.8. The minimum absolute atomic E-state index is 0.271. The molecule has 0 unspecified atom stereocenters. The lowest BCUT2D eigenvalue weighted by Crippen LogP contribution is -2.20. The Hall–Kier alpha value is -3.35. The molecule has 2 aromatic heterocycles. The van der Waals surface area contributed by atoms with Crippen LogP contribution in [0.3, 0.4) is 0 Å². The molecule has 6 nitrogen and oxygen atoms in total. The molecule has 126 valence electrons. The Morgan fingerprint density at radius 2 is 2.08 bits per heavy atom. The molecular formula is C18H16FN5O. The Morgan fingerprint density at radius 1 is 1.32 bits per heavy atom. The summed E-state index contributed by atoms with van der Waals surface area (Å²) in [5.74, 6) is -0.575. The van der Waals surface area contributed by atoms with E-state index >= 15 is 0 Å². The summed E-state index contributed by atoms with van der Waals surface area (Å²) in [5, 5.41) is 10.8. The second-order valence-corrected chi connectivity index (χ2v) is 5.43. The van der Waals surface area contributed by atoms with Crippen LogP contribution in [0.5, 0.6) is 0 Å². The summed E-state index contributed by atoms with van der Waals surface area (Å²) in [7, 11) is 1.78. The van der Waals surface area contributed by atoms with Crippen LogP contribution in [0.1, 0.15) is 5.56 Å². The summed E-state index contributed by atoms with van der Waals surface area (Å²) in [6.45, 7) is 3.72. The van der Waals surface area contributed by atoms with Gasteiger partial charge in [-0.3, -0.25) is 14.5 Å². The molecule has 0 spiro atoms. The van der Waals surface area contributed by atoms with E-state index in [4.69, 9.17) is 0 Å². The van der Waals surface area contributed by atoms with Crippen LogP contribution >= 0.6 is 0 Å². The molecule has 0 aliphatic carbocycles. The highest BCUT2D eigenvalue weighted by Gasteiger charge is 2.12. The molecule has 0 bridgehead atoms. The summed E-state index contributed by atoms with van der Waals surface area (Å²) < 4.78 is 14.7. The van der Waals surface area contributed by atoms with Crippen molar-refractivity contribution in [1.82, 2.24) is 25.3 Å². The van der Waals surface area contributed by atoms with Gasteiger partial charge in [0.05, 0.1) is 11.9 Å². The van der Waals surface area contributed by atoms with Crippen LogP contribution in [0.2, 0.25) is 0 Å². The monoisotopic (exact) mass is 337 g/mol. The summed E-state index contributed by atoms with van der Waals surface area (Å²) >= 11 is 0. The number of benzene rings is 1. The number of carbonyl (C=O) groups is 1. The second-order valence-electron chi connectivity index (χ2n) is 5.43. The summed E-state index contributed by atoms with van der Waals surface area (Å²) in [4.78, 5) is 15.9. The number of hydrogen-bond acceptors (Lipinski definition) is 4. The van der Waals surface area contributed by atoms with Gasteiger partial charge in [0.25, 0.3) is 0 Å². The van der Waals surface area contributed by atoms with Crippen LogP contribution in [0.15, 0.2) is 55.4 Å². The van der Waals surface area contributed by atoms with Gasteiger partial charge in [-0.1, -0.05) is 11.8 Å². The Kier molecular flexibility index (Phi) is 4.65. The fraction of sp³-hybridized carbons (Fsp3) is 0.111. The molecule has 7 heteroatoms. The minimum atomic E-state index is -0.304. The highest BCUT2D eigenvalue weighted by Crippen LogP contribution is 2.26. The zero-order valence-corrected chi connectivity index (χ0v) is 13.6. The normalized spacial score (nSPS) is 10.5. The Balaban J connectivity index is 2.02. The maximum absolute atomic E-state index is 13.1. The number of amides is 1. The van der Waals surface area contributed by atoms with E-state index < -0.39 is 0 Å². The van der Waals surface area contributed by atoms with Gasteiger partial charge in [0.15, 0.2) is 0 Å². The zero-order valence-electron chi connectivity index (χ0n) is 13.6. The van der Waals surface area contributed by atoms with E-state index in [1.54, 1.807) is 36.3 Å². The molecule has 1 aromatic carbocycles. The number of halogens is 1. The number of hydrogen-bond donors (Lipinski definition) is 1. The number of carbonyl (C=O) groups excluding carboxylic acids is 1. The van der Waals surface area contributed by atoms with Crippen LogP contribution in [0.25, 0.3) is 22.5 Å². The van der Waals surface area contributed by atoms with Crippen molar-refractivity contribution >= 4 is 5.91 Å². The third-order valence-corrected chi connectivity index (χ3v) is 3.64. The summed E-state index contributed by atoms with van der Waals surface area (Å²) in [6, 6.07) is 7.95. The standard InChI is InChI=1S/C18H16FN5O/c1-3-18(25)21-10-13-9-20-16(12-4-6-14(19)7-5-12)8-15(13)17-11-24(2)23-22-17/h3-9,11H,1,10H2,2H3,(H,21,25). The van der Waals surface area contributed by atoms with Crippen LogP contribution in [-0.2, 0) is 18.4 Å². The van der Waals surface area contributed by atoms with Crippen molar-refractivity contribution in [1.29, 1.82) is 0 Å². The molecule has 0 radical (unpaired) electrons. The first kappa shape index (κ1) is 16.5. The maximum Gasteiger partial charge on any atom is 0.243 e. The quantitative estimate of drug-likeness (QED) is 0.726. The van der Waals surface area contributed by atoms with E-state index in [1.807, 2.05) is 6.07 Å². The van der Waals surface area contributed by atoms with E-state index in [9.17, 15) is 9.18 Å². The third kappa shape index (κ3) is 3.77. The molecule has 0 fully saturated rings. The second kappa shape index (κ2) is 7.04. The van der Waals surface area contributed by atoms with Gasteiger partial charge in [0.1, 0.15) is 11.5 Å². The summed E-state index contributed by atoms with van der Waals surface area (Å²) in [6.07, 6.45) is 4.66. The maximum atomic E-state index is 13.1. The van der Waals surface area contributed by atoms with Crippen LogP contribution in [-0.4, -0.2) is 25.9 Å². The Labute approximate surface area is 144 Å². The largest absolute Gasteiger partial charge is 0.348 e. The number of pyridine rings is 1. The van der Waals surface area contributed by atoms with Crippen LogP contribution in [0.4, 0.5) is 4.39 Å². The van der Waals surface area contributed by atoms with Gasteiger partial charge in [0.2, 0.25) is 5.91 Å². The van der Waals surface area contributed by atoms with Crippen molar-refractivity contribution in [2.75, 3.05) is 0 Å². The van der Waals surface area contributed by atoms with E-state index in [-0.39, 0.29) is 18.3 Å². The Bertz CT molecular complexity index is 917. The molecular weight excluding hydrogens is 321 g/mol. The van der Waals surface area contributed by atoms with Crippen LogP contribution < -0.4 is 5.32 Å². The van der Waals surface area contributed by atoms with Gasteiger partial charge in [-0.2, -0.15) is 0 Å². The summed E-state index contributed by atoms with van der Waals surface area (Å²) in [5.41, 5.74) is 3.72. The molecule has 2 heterocycles. The predicted octanol–water partition coefficient (Wildman–Crippen LogP) is 2.49. The van der Waals surface area contributed by atoms with Gasteiger partial charge >= 0.3 is 0 Å². The average molecular weight is 337 g/mol. The fourth-order valence-electron chi connectivity index (χ4n) is 2.37. The van der Waals surface area contributed by atoms with Crippen molar-refractivity contribution in [3.8, 4) is 22.5 Å². The minimum Gasteiger partial charge on any atom is -0.348 e. The lowest BCUT2D eigenvalue weighted by Gasteiger charge is -2.10. The first-order valence-electron chi connectivity index (χ1n) is 7.58. The molecule has 3 rings (SSSR count). The molecule has 1 N–H and O–H groups in total. The fourth-order valence-corrected chi connectivity index (χ4v) is 2.37. The lowest BCUT2D eigenvalue weighted by atomic mass is 10.0. The number of nitrogens with zero attached hydrogens (tertiary/aromatic N) is 4. The average Bonchev–Trinajstić information content (AvgIpc) is 3.06. The van der Waals surface area contributed by atoms with Crippen molar-refractivity contribution in [2.24, 2.45) is 7.05 Å². The number of aryl methyl sites for hydroxylation is 1. The Morgan fingerprint density at radius 3 is 2.72 bits per heavy atom. The number of aromatic nitrogens is 4. The SMILES string of the molecule is C=CC(=O)NCc1cnc(-c2ccc(F)cc2)cc1-c1cn(C)nn1. The van der Waals surface area contributed by atoms with Gasteiger partial charge in [-0.15, -0.1) is 5.10 Å². The van der Waals surface area contributed by atoms with Gasteiger partial charge < -0.3 is 5.32 Å². The van der Waals surface area contributed by atoms with Crippen molar-refractivity contribution in [2.45, 2.75) is 6.54 Å². The van der Waals surface area contributed by atoms with Gasteiger partial charge in [0, 0.05) is 30.9 Å². The topological polar surface area (TPSA) is 72.7 Å².